The fourth-order valence-electron chi connectivity index (χ4n) is 4.33. The lowest BCUT2D eigenvalue weighted by atomic mass is 9.77. The minimum atomic E-state index is -0.344. The van der Waals surface area contributed by atoms with Crippen LogP contribution in [0.2, 0.25) is 0 Å². The summed E-state index contributed by atoms with van der Waals surface area (Å²) in [5.74, 6) is 2.12. The highest BCUT2D eigenvalue weighted by Crippen LogP contribution is 2.43. The quantitative estimate of drug-likeness (QED) is 0.853. The molecule has 0 atom stereocenters. The first-order valence-electron chi connectivity index (χ1n) is 8.85. The molecule has 2 heterocycles. The van der Waals surface area contributed by atoms with E-state index in [4.69, 9.17) is 0 Å². The van der Waals surface area contributed by atoms with E-state index in [0.29, 0.717) is 6.54 Å². The summed E-state index contributed by atoms with van der Waals surface area (Å²) in [6.07, 6.45) is 4.17. The number of aromatic nitrogens is 3. The number of carbonyl (C=O) groups is 1. The van der Waals surface area contributed by atoms with Gasteiger partial charge in [0.05, 0.1) is 12.0 Å². The molecule has 0 unspecified atom stereocenters. The second kappa shape index (κ2) is 5.72. The standard InChI is InChI=1S/C19H24N4O/c1-14-6-5-7-16(12-14)19(8-3-4-9-19)18(24)22-10-11-23-15(2)20-21-17(23)13-22/h5-7,12H,3-4,8-11,13H2,1-2H3. The Kier molecular flexibility index (Phi) is 3.66. The molecule has 1 fully saturated rings. The van der Waals surface area contributed by atoms with Crippen LogP contribution in [0.15, 0.2) is 24.3 Å². The molecule has 2 aliphatic rings. The predicted octanol–water partition coefficient (Wildman–Crippen LogP) is 2.75. The van der Waals surface area contributed by atoms with Gasteiger partial charge in [0, 0.05) is 13.1 Å². The van der Waals surface area contributed by atoms with Crippen LogP contribution in [0.5, 0.6) is 0 Å². The summed E-state index contributed by atoms with van der Waals surface area (Å²) in [5, 5.41) is 8.40. The third-order valence-electron chi connectivity index (χ3n) is 5.66. The molecule has 0 radical (unpaired) electrons. The third-order valence-corrected chi connectivity index (χ3v) is 5.66. The largest absolute Gasteiger partial charge is 0.333 e. The summed E-state index contributed by atoms with van der Waals surface area (Å²) in [7, 11) is 0. The van der Waals surface area contributed by atoms with Crippen LogP contribution in [0, 0.1) is 13.8 Å². The molecule has 24 heavy (non-hydrogen) atoms. The zero-order chi connectivity index (χ0) is 16.7. The highest BCUT2D eigenvalue weighted by atomic mass is 16.2. The van der Waals surface area contributed by atoms with Crippen molar-refractivity contribution in [3.8, 4) is 0 Å². The molecule has 0 spiro atoms. The van der Waals surface area contributed by atoms with Gasteiger partial charge < -0.3 is 9.47 Å². The van der Waals surface area contributed by atoms with E-state index < -0.39 is 0 Å². The van der Waals surface area contributed by atoms with Gasteiger partial charge in [0.1, 0.15) is 5.82 Å². The van der Waals surface area contributed by atoms with Crippen molar-refractivity contribution >= 4 is 5.91 Å². The lowest BCUT2D eigenvalue weighted by Crippen LogP contribution is -2.48. The highest BCUT2D eigenvalue weighted by molar-refractivity contribution is 5.88. The molecule has 1 aromatic heterocycles. The molecular formula is C19H24N4O. The number of fused-ring (bicyclic) bond motifs is 1. The summed E-state index contributed by atoms with van der Waals surface area (Å²) in [6, 6.07) is 8.50. The Morgan fingerprint density at radius 3 is 2.67 bits per heavy atom. The van der Waals surface area contributed by atoms with Crippen LogP contribution in [-0.4, -0.2) is 32.1 Å². The number of nitrogens with zero attached hydrogens (tertiary/aromatic N) is 4. The highest BCUT2D eigenvalue weighted by Gasteiger charge is 2.45. The molecule has 2 aromatic rings. The molecule has 1 saturated carbocycles. The maximum absolute atomic E-state index is 13.5. The minimum Gasteiger partial charge on any atom is -0.333 e. The molecule has 1 aliphatic carbocycles. The Balaban J connectivity index is 1.66. The monoisotopic (exact) mass is 324 g/mol. The van der Waals surface area contributed by atoms with Crippen LogP contribution in [0.4, 0.5) is 0 Å². The van der Waals surface area contributed by atoms with Crippen LogP contribution in [0.1, 0.15) is 48.5 Å². The first kappa shape index (κ1) is 15.4. The molecule has 1 aliphatic heterocycles. The van der Waals surface area contributed by atoms with E-state index in [2.05, 4.69) is 46.0 Å². The van der Waals surface area contributed by atoms with Crippen molar-refractivity contribution in [2.24, 2.45) is 0 Å². The van der Waals surface area contributed by atoms with Crippen LogP contribution in [0.25, 0.3) is 0 Å². The summed E-state index contributed by atoms with van der Waals surface area (Å²) >= 11 is 0. The van der Waals surface area contributed by atoms with Crippen LogP contribution in [-0.2, 0) is 23.3 Å². The van der Waals surface area contributed by atoms with Crippen LogP contribution in [0.3, 0.4) is 0 Å². The summed E-state index contributed by atoms with van der Waals surface area (Å²) < 4.78 is 2.12. The van der Waals surface area contributed by atoms with Gasteiger partial charge in [-0.3, -0.25) is 4.79 Å². The van der Waals surface area contributed by atoms with Gasteiger partial charge in [-0.2, -0.15) is 0 Å². The average Bonchev–Trinajstić information content (AvgIpc) is 3.22. The van der Waals surface area contributed by atoms with Gasteiger partial charge in [0.25, 0.3) is 0 Å². The molecule has 5 heteroatoms. The Hall–Kier alpha value is -2.17. The Morgan fingerprint density at radius 1 is 1.12 bits per heavy atom. The first-order valence-corrected chi connectivity index (χ1v) is 8.85. The van der Waals surface area contributed by atoms with Gasteiger partial charge in [0.2, 0.25) is 5.91 Å². The third kappa shape index (κ3) is 2.34. The zero-order valence-electron chi connectivity index (χ0n) is 14.5. The number of amides is 1. The fraction of sp³-hybridized carbons (Fsp3) is 0.526. The Bertz CT molecular complexity index is 773. The smallest absolute Gasteiger partial charge is 0.233 e. The van der Waals surface area contributed by atoms with Crippen molar-refractivity contribution in [3.63, 3.8) is 0 Å². The fourth-order valence-corrected chi connectivity index (χ4v) is 4.33. The van der Waals surface area contributed by atoms with E-state index in [1.165, 1.54) is 11.1 Å². The average molecular weight is 324 g/mol. The molecule has 126 valence electrons. The SMILES string of the molecule is Cc1cccc(C2(C(=O)N3CCn4c(C)nnc4C3)CCCC2)c1. The maximum Gasteiger partial charge on any atom is 0.233 e. The Morgan fingerprint density at radius 2 is 1.92 bits per heavy atom. The summed E-state index contributed by atoms with van der Waals surface area (Å²) in [4.78, 5) is 15.5. The van der Waals surface area contributed by atoms with Crippen molar-refractivity contribution < 1.29 is 4.79 Å². The second-order valence-corrected chi connectivity index (χ2v) is 7.20. The van der Waals surface area contributed by atoms with Crippen molar-refractivity contribution in [3.05, 3.63) is 47.0 Å². The molecular weight excluding hydrogens is 300 g/mol. The van der Waals surface area contributed by atoms with Crippen LogP contribution >= 0.6 is 0 Å². The van der Waals surface area contributed by atoms with Crippen molar-refractivity contribution in [1.82, 2.24) is 19.7 Å². The van der Waals surface area contributed by atoms with E-state index >= 15 is 0 Å². The molecule has 4 rings (SSSR count). The van der Waals surface area contributed by atoms with Crippen LogP contribution < -0.4 is 0 Å². The molecule has 0 saturated heterocycles. The number of aryl methyl sites for hydroxylation is 2. The molecule has 5 nitrogen and oxygen atoms in total. The van der Waals surface area contributed by atoms with Gasteiger partial charge in [-0.05, 0) is 32.3 Å². The lowest BCUT2D eigenvalue weighted by molar-refractivity contribution is -0.139. The minimum absolute atomic E-state index is 0.275. The zero-order valence-corrected chi connectivity index (χ0v) is 14.5. The van der Waals surface area contributed by atoms with Crippen molar-refractivity contribution in [2.75, 3.05) is 6.54 Å². The normalized spacial score (nSPS) is 19.3. The van der Waals surface area contributed by atoms with Gasteiger partial charge >= 0.3 is 0 Å². The number of carbonyl (C=O) groups excluding carboxylic acids is 1. The van der Waals surface area contributed by atoms with Crippen molar-refractivity contribution in [2.45, 2.75) is 58.0 Å². The van der Waals surface area contributed by atoms with E-state index in [9.17, 15) is 4.79 Å². The first-order chi connectivity index (χ1) is 11.6. The number of benzene rings is 1. The number of hydrogen-bond acceptors (Lipinski definition) is 3. The topological polar surface area (TPSA) is 51.0 Å². The number of rotatable bonds is 2. The summed E-state index contributed by atoms with van der Waals surface area (Å²) in [5.41, 5.74) is 2.07. The number of hydrogen-bond donors (Lipinski definition) is 0. The van der Waals surface area contributed by atoms with E-state index in [1.54, 1.807) is 0 Å². The van der Waals surface area contributed by atoms with E-state index in [1.807, 2.05) is 11.8 Å². The van der Waals surface area contributed by atoms with Gasteiger partial charge in [-0.1, -0.05) is 42.7 Å². The predicted molar refractivity (Wildman–Crippen MR) is 91.5 cm³/mol. The Labute approximate surface area is 142 Å². The van der Waals surface area contributed by atoms with Gasteiger partial charge in [-0.15, -0.1) is 10.2 Å². The molecule has 0 N–H and O–H groups in total. The van der Waals surface area contributed by atoms with E-state index in [0.717, 1.165) is 50.4 Å². The van der Waals surface area contributed by atoms with Gasteiger partial charge in [-0.25, -0.2) is 0 Å². The second-order valence-electron chi connectivity index (χ2n) is 7.20. The summed E-state index contributed by atoms with van der Waals surface area (Å²) in [6.45, 7) is 6.19. The van der Waals surface area contributed by atoms with Crippen molar-refractivity contribution in [1.29, 1.82) is 0 Å². The molecule has 1 aromatic carbocycles. The van der Waals surface area contributed by atoms with E-state index in [-0.39, 0.29) is 11.3 Å². The maximum atomic E-state index is 13.5. The lowest BCUT2D eigenvalue weighted by Gasteiger charge is -2.37. The molecule has 0 bridgehead atoms. The molecule has 1 amide bonds. The van der Waals surface area contributed by atoms with Gasteiger partial charge in [0.15, 0.2) is 5.82 Å².